The van der Waals surface area contributed by atoms with E-state index in [1.807, 2.05) is 19.1 Å². The van der Waals surface area contributed by atoms with Gasteiger partial charge in [-0.25, -0.2) is 0 Å². The number of amides is 1. The average Bonchev–Trinajstić information content (AvgIpc) is 2.29. The Morgan fingerprint density at radius 3 is 2.53 bits per heavy atom. The standard InChI is InChI=1S/C11H12N2OS/c1-8(11(14)13-2)15-10-5-3-9(7-12)4-6-10/h3-6,8H,1-2H3,(H,13,14). The van der Waals surface area contributed by atoms with Gasteiger partial charge < -0.3 is 5.32 Å². The normalized spacial score (nSPS) is 11.5. The minimum atomic E-state index is -0.122. The zero-order valence-electron chi connectivity index (χ0n) is 8.65. The van der Waals surface area contributed by atoms with Crippen LogP contribution in [0.2, 0.25) is 0 Å². The second-order valence-electron chi connectivity index (χ2n) is 3.01. The first-order chi connectivity index (χ1) is 7.17. The van der Waals surface area contributed by atoms with Gasteiger partial charge in [0.2, 0.25) is 5.91 Å². The molecule has 4 heteroatoms. The Balaban J connectivity index is 2.66. The maximum absolute atomic E-state index is 11.3. The summed E-state index contributed by atoms with van der Waals surface area (Å²) >= 11 is 1.47. The molecule has 0 aliphatic rings. The highest BCUT2D eigenvalue weighted by Gasteiger charge is 2.11. The number of thioether (sulfide) groups is 1. The van der Waals surface area contributed by atoms with Crippen LogP contribution in [0.4, 0.5) is 0 Å². The second-order valence-corrected chi connectivity index (χ2v) is 4.42. The Morgan fingerprint density at radius 2 is 2.07 bits per heavy atom. The summed E-state index contributed by atoms with van der Waals surface area (Å²) in [5.74, 6) is 0.00404. The zero-order valence-corrected chi connectivity index (χ0v) is 9.47. The lowest BCUT2D eigenvalue weighted by Crippen LogP contribution is -2.27. The van der Waals surface area contributed by atoms with Crippen LogP contribution in [0.1, 0.15) is 12.5 Å². The summed E-state index contributed by atoms with van der Waals surface area (Å²) in [5.41, 5.74) is 0.631. The molecule has 1 unspecified atom stereocenters. The summed E-state index contributed by atoms with van der Waals surface area (Å²) in [6, 6.07) is 9.25. The van der Waals surface area contributed by atoms with E-state index in [0.29, 0.717) is 5.56 Å². The van der Waals surface area contributed by atoms with Crippen molar-refractivity contribution in [3.8, 4) is 6.07 Å². The molecular formula is C11H12N2OS. The van der Waals surface area contributed by atoms with E-state index in [9.17, 15) is 4.79 Å². The third-order valence-electron chi connectivity index (χ3n) is 1.91. The lowest BCUT2D eigenvalue weighted by Gasteiger charge is -2.08. The van der Waals surface area contributed by atoms with Crippen molar-refractivity contribution in [2.45, 2.75) is 17.1 Å². The quantitative estimate of drug-likeness (QED) is 0.790. The Hall–Kier alpha value is -1.47. The van der Waals surface area contributed by atoms with Crippen LogP contribution >= 0.6 is 11.8 Å². The molecular weight excluding hydrogens is 208 g/mol. The highest BCUT2D eigenvalue weighted by Crippen LogP contribution is 2.23. The molecule has 0 heterocycles. The number of nitrogens with zero attached hydrogens (tertiary/aromatic N) is 1. The van der Waals surface area contributed by atoms with Gasteiger partial charge in [-0.05, 0) is 31.2 Å². The van der Waals surface area contributed by atoms with Crippen LogP contribution in [0.15, 0.2) is 29.2 Å². The maximum atomic E-state index is 11.3. The number of rotatable bonds is 3. The van der Waals surface area contributed by atoms with Crippen LogP contribution in [0, 0.1) is 11.3 Å². The van der Waals surface area contributed by atoms with Crippen molar-refractivity contribution >= 4 is 17.7 Å². The van der Waals surface area contributed by atoms with Crippen molar-refractivity contribution in [2.24, 2.45) is 0 Å². The SMILES string of the molecule is CNC(=O)C(C)Sc1ccc(C#N)cc1. The van der Waals surface area contributed by atoms with E-state index in [4.69, 9.17) is 5.26 Å². The number of carbonyl (C=O) groups excluding carboxylic acids is 1. The topological polar surface area (TPSA) is 52.9 Å². The fraction of sp³-hybridized carbons (Fsp3) is 0.273. The molecule has 3 nitrogen and oxygen atoms in total. The maximum Gasteiger partial charge on any atom is 0.232 e. The summed E-state index contributed by atoms with van der Waals surface area (Å²) in [7, 11) is 1.62. The fourth-order valence-corrected chi connectivity index (χ4v) is 2.00. The smallest absolute Gasteiger partial charge is 0.232 e. The molecule has 1 N–H and O–H groups in total. The molecule has 15 heavy (non-hydrogen) atoms. The van der Waals surface area contributed by atoms with E-state index in [2.05, 4.69) is 11.4 Å². The first kappa shape index (κ1) is 11.6. The van der Waals surface area contributed by atoms with Gasteiger partial charge in [0.15, 0.2) is 0 Å². The highest BCUT2D eigenvalue weighted by atomic mass is 32.2. The lowest BCUT2D eigenvalue weighted by atomic mass is 10.2. The third-order valence-corrected chi connectivity index (χ3v) is 3.02. The average molecular weight is 220 g/mol. The summed E-state index contributed by atoms with van der Waals surface area (Å²) in [5, 5.41) is 11.1. The van der Waals surface area contributed by atoms with Gasteiger partial charge in [0.25, 0.3) is 0 Å². The molecule has 1 amide bonds. The molecule has 1 aromatic carbocycles. The molecule has 0 aliphatic heterocycles. The summed E-state index contributed by atoms with van der Waals surface area (Å²) < 4.78 is 0. The number of hydrogen-bond donors (Lipinski definition) is 1. The second kappa shape index (κ2) is 5.42. The predicted octanol–water partition coefficient (Wildman–Crippen LogP) is 1.78. The molecule has 0 radical (unpaired) electrons. The van der Waals surface area contributed by atoms with Gasteiger partial charge in [0, 0.05) is 11.9 Å². The molecule has 0 bridgehead atoms. The highest BCUT2D eigenvalue weighted by molar-refractivity contribution is 8.00. The minimum absolute atomic E-state index is 0.00404. The Kier molecular flexibility index (Phi) is 4.19. The molecule has 0 saturated heterocycles. The van der Waals surface area contributed by atoms with E-state index < -0.39 is 0 Å². The van der Waals surface area contributed by atoms with E-state index in [1.165, 1.54) is 11.8 Å². The van der Waals surface area contributed by atoms with Gasteiger partial charge in [-0.1, -0.05) is 0 Å². The van der Waals surface area contributed by atoms with Crippen LogP contribution in [-0.2, 0) is 4.79 Å². The summed E-state index contributed by atoms with van der Waals surface area (Å²) in [6.45, 7) is 1.85. The molecule has 1 aromatic rings. The van der Waals surface area contributed by atoms with Gasteiger partial charge in [-0.3, -0.25) is 4.79 Å². The molecule has 0 spiro atoms. The van der Waals surface area contributed by atoms with Crippen LogP contribution in [-0.4, -0.2) is 18.2 Å². The number of hydrogen-bond acceptors (Lipinski definition) is 3. The van der Waals surface area contributed by atoms with Crippen molar-refractivity contribution in [1.82, 2.24) is 5.32 Å². The Bertz CT molecular complexity index is 381. The van der Waals surface area contributed by atoms with Crippen molar-refractivity contribution in [3.63, 3.8) is 0 Å². The monoisotopic (exact) mass is 220 g/mol. The third kappa shape index (κ3) is 3.30. The summed E-state index contributed by atoms with van der Waals surface area (Å²) in [6.07, 6.45) is 0. The van der Waals surface area contributed by atoms with E-state index in [1.54, 1.807) is 19.2 Å². The number of nitriles is 1. The summed E-state index contributed by atoms with van der Waals surface area (Å²) in [4.78, 5) is 12.2. The van der Waals surface area contributed by atoms with Gasteiger partial charge in [-0.15, -0.1) is 11.8 Å². The Labute approximate surface area is 93.5 Å². The van der Waals surface area contributed by atoms with Crippen LogP contribution in [0.5, 0.6) is 0 Å². The zero-order chi connectivity index (χ0) is 11.3. The first-order valence-corrected chi connectivity index (χ1v) is 5.43. The number of nitrogens with one attached hydrogen (secondary N) is 1. The van der Waals surface area contributed by atoms with E-state index in [0.717, 1.165) is 4.90 Å². The van der Waals surface area contributed by atoms with E-state index in [-0.39, 0.29) is 11.2 Å². The van der Waals surface area contributed by atoms with Gasteiger partial charge in [-0.2, -0.15) is 5.26 Å². The molecule has 0 saturated carbocycles. The molecule has 0 fully saturated rings. The van der Waals surface area contributed by atoms with Gasteiger partial charge in [0.1, 0.15) is 0 Å². The van der Waals surface area contributed by atoms with Crippen LogP contribution < -0.4 is 5.32 Å². The fourth-order valence-electron chi connectivity index (χ4n) is 1.07. The van der Waals surface area contributed by atoms with Crippen molar-refractivity contribution < 1.29 is 4.79 Å². The van der Waals surface area contributed by atoms with Crippen LogP contribution in [0.3, 0.4) is 0 Å². The van der Waals surface area contributed by atoms with Crippen molar-refractivity contribution in [3.05, 3.63) is 29.8 Å². The molecule has 1 atom stereocenters. The van der Waals surface area contributed by atoms with Crippen molar-refractivity contribution in [1.29, 1.82) is 5.26 Å². The van der Waals surface area contributed by atoms with Gasteiger partial charge >= 0.3 is 0 Å². The predicted molar refractivity (Wildman–Crippen MR) is 60.5 cm³/mol. The van der Waals surface area contributed by atoms with Crippen LogP contribution in [0.25, 0.3) is 0 Å². The molecule has 1 rings (SSSR count). The minimum Gasteiger partial charge on any atom is -0.358 e. The molecule has 78 valence electrons. The Morgan fingerprint density at radius 1 is 1.47 bits per heavy atom. The number of carbonyl (C=O) groups is 1. The van der Waals surface area contributed by atoms with Gasteiger partial charge in [0.05, 0.1) is 16.9 Å². The molecule has 0 aromatic heterocycles. The number of benzene rings is 1. The molecule has 0 aliphatic carbocycles. The largest absolute Gasteiger partial charge is 0.358 e. The van der Waals surface area contributed by atoms with E-state index >= 15 is 0 Å². The lowest BCUT2D eigenvalue weighted by molar-refractivity contribution is -0.119. The first-order valence-electron chi connectivity index (χ1n) is 4.55. The van der Waals surface area contributed by atoms with Crippen molar-refractivity contribution in [2.75, 3.05) is 7.05 Å².